The van der Waals surface area contributed by atoms with E-state index < -0.39 is 23.8 Å². The SMILES string of the molecule is Cc1cc(C(F)(F)F)nn1C(C)C(=O)NCc1cn(-c2ccccc2)nc1-c1ccccc1. The van der Waals surface area contributed by atoms with Crippen molar-refractivity contribution in [3.63, 3.8) is 0 Å². The molecule has 0 bridgehead atoms. The highest BCUT2D eigenvalue weighted by molar-refractivity contribution is 5.80. The van der Waals surface area contributed by atoms with Gasteiger partial charge in [0.2, 0.25) is 5.91 Å². The van der Waals surface area contributed by atoms with Crippen molar-refractivity contribution in [1.29, 1.82) is 0 Å². The van der Waals surface area contributed by atoms with Crippen LogP contribution in [0.4, 0.5) is 13.2 Å². The lowest BCUT2D eigenvalue weighted by Crippen LogP contribution is -2.31. The Balaban J connectivity index is 1.57. The van der Waals surface area contributed by atoms with Crippen molar-refractivity contribution in [2.45, 2.75) is 32.6 Å². The van der Waals surface area contributed by atoms with Crippen LogP contribution in [-0.4, -0.2) is 25.5 Å². The Kier molecular flexibility index (Phi) is 6.04. The number of aromatic nitrogens is 4. The summed E-state index contributed by atoms with van der Waals surface area (Å²) in [6.07, 6.45) is -2.73. The molecule has 6 nitrogen and oxygen atoms in total. The van der Waals surface area contributed by atoms with Gasteiger partial charge in [0.05, 0.1) is 11.4 Å². The van der Waals surface area contributed by atoms with E-state index >= 15 is 0 Å². The number of amides is 1. The lowest BCUT2D eigenvalue weighted by atomic mass is 10.1. The largest absolute Gasteiger partial charge is 0.435 e. The molecule has 2 heterocycles. The molecule has 0 aliphatic rings. The van der Waals surface area contributed by atoms with E-state index in [0.29, 0.717) is 5.69 Å². The Labute approximate surface area is 188 Å². The molecule has 0 saturated carbocycles. The number of alkyl halides is 3. The van der Waals surface area contributed by atoms with Gasteiger partial charge in [-0.2, -0.15) is 23.4 Å². The third-order valence-electron chi connectivity index (χ3n) is 5.27. The molecule has 33 heavy (non-hydrogen) atoms. The Morgan fingerprint density at radius 3 is 2.27 bits per heavy atom. The zero-order valence-electron chi connectivity index (χ0n) is 18.0. The normalized spacial score (nSPS) is 12.5. The van der Waals surface area contributed by atoms with Gasteiger partial charge in [0.25, 0.3) is 0 Å². The summed E-state index contributed by atoms with van der Waals surface area (Å²) in [5.74, 6) is -0.443. The van der Waals surface area contributed by atoms with Gasteiger partial charge in [0.15, 0.2) is 5.69 Å². The first-order chi connectivity index (χ1) is 15.7. The van der Waals surface area contributed by atoms with Crippen molar-refractivity contribution in [3.05, 3.63) is 89.9 Å². The highest BCUT2D eigenvalue weighted by Gasteiger charge is 2.35. The van der Waals surface area contributed by atoms with Crippen LogP contribution in [0.3, 0.4) is 0 Å². The van der Waals surface area contributed by atoms with E-state index in [4.69, 9.17) is 5.10 Å². The van der Waals surface area contributed by atoms with E-state index in [1.165, 1.54) is 13.8 Å². The predicted molar refractivity (Wildman–Crippen MR) is 118 cm³/mol. The zero-order valence-corrected chi connectivity index (χ0v) is 18.0. The Hall–Kier alpha value is -3.88. The molecule has 4 aromatic rings. The summed E-state index contributed by atoms with van der Waals surface area (Å²) in [4.78, 5) is 12.8. The third-order valence-corrected chi connectivity index (χ3v) is 5.27. The smallest absolute Gasteiger partial charge is 0.350 e. The van der Waals surface area contributed by atoms with Crippen LogP contribution in [0.25, 0.3) is 16.9 Å². The highest BCUT2D eigenvalue weighted by atomic mass is 19.4. The van der Waals surface area contributed by atoms with Crippen LogP contribution >= 0.6 is 0 Å². The van der Waals surface area contributed by atoms with Gasteiger partial charge >= 0.3 is 6.18 Å². The first kappa shape index (κ1) is 22.3. The monoisotopic (exact) mass is 453 g/mol. The summed E-state index contributed by atoms with van der Waals surface area (Å²) >= 11 is 0. The molecule has 1 unspecified atom stereocenters. The minimum Gasteiger partial charge on any atom is -0.350 e. The number of carbonyl (C=O) groups is 1. The van der Waals surface area contributed by atoms with E-state index in [0.717, 1.165) is 27.6 Å². The van der Waals surface area contributed by atoms with E-state index in [1.54, 1.807) is 4.68 Å². The van der Waals surface area contributed by atoms with Gasteiger partial charge in [-0.25, -0.2) is 4.68 Å². The minimum atomic E-state index is -4.57. The topological polar surface area (TPSA) is 64.7 Å². The average Bonchev–Trinajstić information content (AvgIpc) is 3.42. The number of para-hydroxylation sites is 1. The summed E-state index contributed by atoms with van der Waals surface area (Å²) in [5.41, 5.74) is 2.48. The lowest BCUT2D eigenvalue weighted by molar-refractivity contribution is -0.142. The van der Waals surface area contributed by atoms with Crippen LogP contribution < -0.4 is 5.32 Å². The second-order valence-corrected chi connectivity index (χ2v) is 7.66. The van der Waals surface area contributed by atoms with Crippen molar-refractivity contribution in [2.24, 2.45) is 0 Å². The van der Waals surface area contributed by atoms with Gasteiger partial charge in [0.1, 0.15) is 6.04 Å². The predicted octanol–water partition coefficient (Wildman–Crippen LogP) is 4.94. The fourth-order valence-corrected chi connectivity index (χ4v) is 3.55. The summed E-state index contributed by atoms with van der Waals surface area (Å²) in [7, 11) is 0. The number of hydrogen-bond acceptors (Lipinski definition) is 3. The molecule has 2 aromatic carbocycles. The summed E-state index contributed by atoms with van der Waals surface area (Å²) < 4.78 is 41.8. The van der Waals surface area contributed by atoms with Gasteiger partial charge < -0.3 is 5.32 Å². The highest BCUT2D eigenvalue weighted by Crippen LogP contribution is 2.29. The van der Waals surface area contributed by atoms with Gasteiger partial charge in [-0.1, -0.05) is 48.5 Å². The molecule has 9 heteroatoms. The van der Waals surface area contributed by atoms with Crippen LogP contribution in [0.2, 0.25) is 0 Å². The third kappa shape index (κ3) is 4.82. The number of nitrogens with one attached hydrogen (secondary N) is 1. The fourth-order valence-electron chi connectivity index (χ4n) is 3.55. The number of hydrogen-bond donors (Lipinski definition) is 1. The van der Waals surface area contributed by atoms with E-state index in [1.807, 2.05) is 66.9 Å². The maximum atomic E-state index is 13.0. The number of carbonyl (C=O) groups excluding carboxylic acids is 1. The van der Waals surface area contributed by atoms with Crippen molar-refractivity contribution in [3.8, 4) is 16.9 Å². The van der Waals surface area contributed by atoms with Crippen LogP contribution in [0, 0.1) is 6.92 Å². The second-order valence-electron chi connectivity index (χ2n) is 7.66. The van der Waals surface area contributed by atoms with Crippen molar-refractivity contribution >= 4 is 5.91 Å². The lowest BCUT2D eigenvalue weighted by Gasteiger charge is -2.14. The molecule has 0 aliphatic heterocycles. The molecular formula is C24H22F3N5O. The van der Waals surface area contributed by atoms with Crippen molar-refractivity contribution in [2.75, 3.05) is 0 Å². The molecule has 0 fully saturated rings. The average molecular weight is 453 g/mol. The Morgan fingerprint density at radius 2 is 1.67 bits per heavy atom. The van der Waals surface area contributed by atoms with Gasteiger partial charge in [-0.3, -0.25) is 9.48 Å². The second kappa shape index (κ2) is 8.93. The maximum Gasteiger partial charge on any atom is 0.435 e. The Morgan fingerprint density at radius 1 is 1.03 bits per heavy atom. The van der Waals surface area contributed by atoms with Crippen molar-refractivity contribution < 1.29 is 18.0 Å². The molecule has 170 valence electrons. The quantitative estimate of drug-likeness (QED) is 0.450. The molecule has 1 atom stereocenters. The van der Waals surface area contributed by atoms with Crippen LogP contribution in [0.1, 0.15) is 29.9 Å². The fraction of sp³-hybridized carbons (Fsp3) is 0.208. The number of benzene rings is 2. The molecule has 4 rings (SSSR count). The molecule has 1 N–H and O–H groups in total. The Bertz CT molecular complexity index is 1250. The van der Waals surface area contributed by atoms with E-state index in [-0.39, 0.29) is 12.2 Å². The first-order valence-electron chi connectivity index (χ1n) is 10.3. The summed E-state index contributed by atoms with van der Waals surface area (Å²) in [6.45, 7) is 3.16. The number of halogens is 3. The minimum absolute atomic E-state index is 0.159. The van der Waals surface area contributed by atoms with E-state index in [9.17, 15) is 18.0 Å². The molecule has 0 spiro atoms. The molecule has 1 amide bonds. The maximum absolute atomic E-state index is 13.0. The molecule has 2 aromatic heterocycles. The van der Waals surface area contributed by atoms with Gasteiger partial charge in [-0.15, -0.1) is 0 Å². The number of rotatable bonds is 6. The van der Waals surface area contributed by atoms with Crippen LogP contribution in [0.15, 0.2) is 72.9 Å². The molecular weight excluding hydrogens is 431 g/mol. The van der Waals surface area contributed by atoms with Crippen LogP contribution in [0.5, 0.6) is 0 Å². The molecule has 0 saturated heterocycles. The summed E-state index contributed by atoms with van der Waals surface area (Å²) in [6, 6.07) is 19.2. The van der Waals surface area contributed by atoms with Crippen molar-refractivity contribution in [1.82, 2.24) is 24.9 Å². The number of aryl methyl sites for hydroxylation is 1. The van der Waals surface area contributed by atoms with E-state index in [2.05, 4.69) is 10.4 Å². The molecule has 0 radical (unpaired) electrons. The number of nitrogens with zero attached hydrogens (tertiary/aromatic N) is 4. The van der Waals surface area contributed by atoms with Gasteiger partial charge in [0, 0.05) is 29.6 Å². The van der Waals surface area contributed by atoms with Gasteiger partial charge in [-0.05, 0) is 32.0 Å². The summed E-state index contributed by atoms with van der Waals surface area (Å²) in [5, 5.41) is 11.1. The van der Waals surface area contributed by atoms with Crippen LogP contribution in [-0.2, 0) is 17.5 Å². The first-order valence-corrected chi connectivity index (χ1v) is 10.3. The zero-order chi connectivity index (χ0) is 23.6. The standard InChI is InChI=1S/C24H22F3N5O/c1-16-13-21(24(25,26)27)29-32(16)17(2)23(33)28-14-19-15-31(20-11-7-4-8-12-20)30-22(19)18-9-5-3-6-10-18/h3-13,15,17H,14H2,1-2H3,(H,28,33). The molecule has 0 aliphatic carbocycles.